The second kappa shape index (κ2) is 10.6. The van der Waals surface area contributed by atoms with Crippen molar-refractivity contribution in [3.8, 4) is 10.4 Å². The van der Waals surface area contributed by atoms with Crippen LogP contribution in [0.4, 0.5) is 23.2 Å². The highest BCUT2D eigenvalue weighted by Crippen LogP contribution is 2.45. The summed E-state index contributed by atoms with van der Waals surface area (Å²) in [7, 11) is 0. The number of hydrogen-bond acceptors (Lipinski definition) is 6. The number of aromatic nitrogens is 1. The van der Waals surface area contributed by atoms with Gasteiger partial charge in [-0.05, 0) is 48.2 Å². The van der Waals surface area contributed by atoms with E-state index in [1.54, 1.807) is 23.5 Å². The molecule has 1 aromatic heterocycles. The van der Waals surface area contributed by atoms with E-state index in [4.69, 9.17) is 14.6 Å². The predicted octanol–water partition coefficient (Wildman–Crippen LogP) is 4.86. The first-order valence-corrected chi connectivity index (χ1v) is 12.0. The van der Waals surface area contributed by atoms with Gasteiger partial charge in [-0.15, -0.1) is 11.3 Å². The molecule has 1 amide bonds. The normalized spacial score (nSPS) is 16.2. The van der Waals surface area contributed by atoms with Gasteiger partial charge in [-0.25, -0.2) is 14.2 Å². The molecule has 7 nitrogen and oxygen atoms in total. The average molecular weight is 539 g/mol. The zero-order valence-electron chi connectivity index (χ0n) is 19.2. The van der Waals surface area contributed by atoms with Gasteiger partial charge in [-0.2, -0.15) is 13.2 Å². The lowest BCUT2D eigenvalue weighted by Gasteiger charge is -2.40. The van der Waals surface area contributed by atoms with Gasteiger partial charge < -0.3 is 20.3 Å². The summed E-state index contributed by atoms with van der Waals surface area (Å²) in [4.78, 5) is 27.5. The van der Waals surface area contributed by atoms with Crippen molar-refractivity contribution >= 4 is 28.9 Å². The SMILES string of the molecule is O=C(Nc1ccc(F)cc1)C1(c2ccc(-c3sc(C4CC4)nc3CO)cc2)COC1.O=C(O)C(F)(F)F. The van der Waals surface area contributed by atoms with Gasteiger partial charge in [0.2, 0.25) is 5.91 Å². The van der Waals surface area contributed by atoms with Crippen molar-refractivity contribution in [3.63, 3.8) is 0 Å². The van der Waals surface area contributed by atoms with Crippen molar-refractivity contribution in [2.45, 2.75) is 37.0 Å². The third-order valence-electron chi connectivity index (χ3n) is 5.97. The Morgan fingerprint density at radius 3 is 2.14 bits per heavy atom. The highest BCUT2D eigenvalue weighted by molar-refractivity contribution is 7.15. The van der Waals surface area contributed by atoms with Crippen molar-refractivity contribution in [2.24, 2.45) is 0 Å². The zero-order valence-corrected chi connectivity index (χ0v) is 20.0. The summed E-state index contributed by atoms with van der Waals surface area (Å²) in [6.45, 7) is 0.513. The summed E-state index contributed by atoms with van der Waals surface area (Å²) in [6.07, 6.45) is -2.75. The largest absolute Gasteiger partial charge is 0.490 e. The Morgan fingerprint density at radius 2 is 1.68 bits per heavy atom. The molecule has 2 fully saturated rings. The van der Waals surface area contributed by atoms with Crippen LogP contribution in [0.2, 0.25) is 0 Å². The van der Waals surface area contributed by atoms with Crippen molar-refractivity contribution in [1.29, 1.82) is 0 Å². The molecule has 2 heterocycles. The number of benzene rings is 2. The van der Waals surface area contributed by atoms with E-state index < -0.39 is 17.6 Å². The number of halogens is 4. The van der Waals surface area contributed by atoms with Crippen LogP contribution in [0, 0.1) is 5.82 Å². The maximum absolute atomic E-state index is 13.1. The van der Waals surface area contributed by atoms with E-state index in [0.717, 1.165) is 21.0 Å². The number of hydrogen-bond donors (Lipinski definition) is 3. The van der Waals surface area contributed by atoms with Crippen LogP contribution in [0.15, 0.2) is 48.5 Å². The summed E-state index contributed by atoms with van der Waals surface area (Å²) in [5, 5.41) is 20.8. The number of amides is 1. The van der Waals surface area contributed by atoms with Gasteiger partial charge in [0.1, 0.15) is 11.2 Å². The number of aliphatic carboxylic acids is 1. The first-order valence-electron chi connectivity index (χ1n) is 11.2. The van der Waals surface area contributed by atoms with Crippen LogP contribution in [0.3, 0.4) is 0 Å². The Hall–Kier alpha value is -3.35. The molecule has 1 saturated carbocycles. The fraction of sp³-hybridized carbons (Fsp3) is 0.320. The van der Waals surface area contributed by atoms with Gasteiger partial charge in [0.25, 0.3) is 0 Å². The van der Waals surface area contributed by atoms with Crippen molar-refractivity contribution in [3.05, 3.63) is 70.6 Å². The van der Waals surface area contributed by atoms with Crippen molar-refractivity contribution in [2.75, 3.05) is 18.5 Å². The molecule has 2 aliphatic rings. The van der Waals surface area contributed by atoms with Gasteiger partial charge in [0, 0.05) is 11.6 Å². The van der Waals surface area contributed by atoms with E-state index in [0.29, 0.717) is 30.5 Å². The van der Waals surface area contributed by atoms with Crippen molar-refractivity contribution in [1.82, 2.24) is 4.98 Å². The van der Waals surface area contributed by atoms with E-state index in [1.165, 1.54) is 25.0 Å². The number of thiazole rings is 1. The van der Waals surface area contributed by atoms with Crippen molar-refractivity contribution < 1.29 is 42.1 Å². The molecule has 1 aliphatic heterocycles. The minimum Gasteiger partial charge on any atom is -0.475 e. The Bertz CT molecular complexity index is 1270. The third-order valence-corrected chi connectivity index (χ3v) is 7.28. The molecule has 196 valence electrons. The Balaban J connectivity index is 0.000000405. The molecular formula is C25H22F4N2O5S. The molecule has 2 aromatic carbocycles. The fourth-order valence-electron chi connectivity index (χ4n) is 3.67. The molecule has 0 unspecified atom stereocenters. The number of anilines is 1. The molecule has 12 heteroatoms. The molecule has 37 heavy (non-hydrogen) atoms. The van der Waals surface area contributed by atoms with Crippen LogP contribution >= 0.6 is 11.3 Å². The lowest BCUT2D eigenvalue weighted by atomic mass is 9.77. The minimum absolute atomic E-state index is 0.0852. The van der Waals surface area contributed by atoms with E-state index in [2.05, 4.69) is 10.3 Å². The van der Waals surface area contributed by atoms with Crippen LogP contribution in [0.5, 0.6) is 0 Å². The van der Waals surface area contributed by atoms with Gasteiger partial charge >= 0.3 is 12.1 Å². The number of aliphatic hydroxyl groups is 1. The second-order valence-electron chi connectivity index (χ2n) is 8.68. The zero-order chi connectivity index (χ0) is 26.8. The summed E-state index contributed by atoms with van der Waals surface area (Å²) < 4.78 is 50.3. The first-order chi connectivity index (χ1) is 17.5. The number of carboxylic acids is 1. The van der Waals surface area contributed by atoms with Crippen LogP contribution in [0.1, 0.15) is 35.0 Å². The quantitative estimate of drug-likeness (QED) is 0.387. The molecule has 0 spiro atoms. The predicted molar refractivity (Wildman–Crippen MR) is 127 cm³/mol. The van der Waals surface area contributed by atoms with Crippen LogP contribution in [-0.2, 0) is 26.3 Å². The number of rotatable bonds is 6. The van der Waals surface area contributed by atoms with Gasteiger partial charge in [-0.1, -0.05) is 24.3 Å². The third kappa shape index (κ3) is 5.97. The first kappa shape index (κ1) is 26.7. The molecule has 0 radical (unpaired) electrons. The van der Waals surface area contributed by atoms with Gasteiger partial charge in [-0.3, -0.25) is 4.79 Å². The number of carboxylic acid groups (broad SMARTS) is 1. The number of alkyl halides is 3. The Kier molecular flexibility index (Phi) is 7.62. The van der Waals surface area contributed by atoms with Crippen LogP contribution < -0.4 is 5.32 Å². The standard InChI is InChI=1S/C23H21FN2O3S.C2HF3O2/c24-17-7-9-18(10-8-17)25-22(28)23(12-29-13-23)16-5-3-14(4-6-16)20-19(11-27)26-21(30-20)15-1-2-15;3-2(4,5)1(6)7/h3-10,15,27H,1-2,11-13H2,(H,25,28);(H,6,7). The fourth-order valence-corrected chi connectivity index (χ4v) is 4.92. The highest BCUT2D eigenvalue weighted by atomic mass is 32.1. The van der Waals surface area contributed by atoms with E-state index in [-0.39, 0.29) is 18.3 Å². The van der Waals surface area contributed by atoms with E-state index in [1.807, 2.05) is 24.3 Å². The van der Waals surface area contributed by atoms with Crippen LogP contribution in [-0.4, -0.2) is 46.5 Å². The molecule has 3 N–H and O–H groups in total. The highest BCUT2D eigenvalue weighted by Gasteiger charge is 2.47. The minimum atomic E-state index is -5.08. The number of nitrogens with one attached hydrogen (secondary N) is 1. The summed E-state index contributed by atoms with van der Waals surface area (Å²) in [5.74, 6) is -2.73. The summed E-state index contributed by atoms with van der Waals surface area (Å²) >= 11 is 1.64. The maximum Gasteiger partial charge on any atom is 0.490 e. The molecule has 5 rings (SSSR count). The smallest absolute Gasteiger partial charge is 0.475 e. The Morgan fingerprint density at radius 1 is 1.08 bits per heavy atom. The second-order valence-corrected chi connectivity index (χ2v) is 9.71. The lowest BCUT2D eigenvalue weighted by Crippen LogP contribution is -2.55. The number of aliphatic hydroxyl groups excluding tert-OH is 1. The van der Waals surface area contributed by atoms with Gasteiger partial charge in [0.15, 0.2) is 0 Å². The van der Waals surface area contributed by atoms with E-state index >= 15 is 0 Å². The molecule has 1 aliphatic carbocycles. The number of carbonyl (C=O) groups is 2. The summed E-state index contributed by atoms with van der Waals surface area (Å²) in [5.41, 5.74) is 2.36. The lowest BCUT2D eigenvalue weighted by molar-refractivity contribution is -0.192. The monoisotopic (exact) mass is 538 g/mol. The molecule has 3 aromatic rings. The average Bonchev–Trinajstić information content (AvgIpc) is 3.59. The topological polar surface area (TPSA) is 109 Å². The summed E-state index contributed by atoms with van der Waals surface area (Å²) in [6, 6.07) is 13.6. The maximum atomic E-state index is 13.1. The van der Waals surface area contributed by atoms with E-state index in [9.17, 15) is 27.5 Å². The molecule has 0 bridgehead atoms. The number of nitrogens with zero attached hydrogens (tertiary/aromatic N) is 1. The van der Waals surface area contributed by atoms with Gasteiger partial charge in [0.05, 0.1) is 35.4 Å². The van der Waals surface area contributed by atoms with Crippen LogP contribution in [0.25, 0.3) is 10.4 Å². The number of ether oxygens (including phenoxy) is 1. The Labute approximate surface area is 212 Å². The molecular weight excluding hydrogens is 516 g/mol. The number of carbonyl (C=O) groups excluding carboxylic acids is 1. The molecule has 0 atom stereocenters. The molecule has 1 saturated heterocycles.